The van der Waals surface area contributed by atoms with Crippen molar-refractivity contribution in [3.8, 4) is 6.07 Å². The molecule has 0 saturated carbocycles. The summed E-state index contributed by atoms with van der Waals surface area (Å²) in [6, 6.07) is 8.81. The molecular formula is C15H12F3N3. The van der Waals surface area contributed by atoms with Crippen LogP contribution in [0.4, 0.5) is 18.9 Å². The summed E-state index contributed by atoms with van der Waals surface area (Å²) in [4.78, 5) is 5.75. The van der Waals surface area contributed by atoms with Gasteiger partial charge in [-0.2, -0.15) is 18.4 Å². The van der Waals surface area contributed by atoms with Gasteiger partial charge in [0.1, 0.15) is 0 Å². The highest BCUT2D eigenvalue weighted by molar-refractivity contribution is 5.55. The Balaban J connectivity index is 2.27. The summed E-state index contributed by atoms with van der Waals surface area (Å²) < 4.78 is 38.2. The van der Waals surface area contributed by atoms with Crippen LogP contribution in [0.15, 0.2) is 42.7 Å². The minimum Gasteiger partial charge on any atom is -0.370 e. The van der Waals surface area contributed by atoms with Crippen molar-refractivity contribution in [3.63, 3.8) is 0 Å². The lowest BCUT2D eigenvalue weighted by Gasteiger charge is -2.20. The Bertz CT molecular complexity index is 660. The molecule has 0 aliphatic heterocycles. The van der Waals surface area contributed by atoms with E-state index in [1.165, 1.54) is 12.1 Å². The molecule has 1 heterocycles. The van der Waals surface area contributed by atoms with Gasteiger partial charge in [-0.05, 0) is 29.8 Å². The fourth-order valence-corrected chi connectivity index (χ4v) is 1.97. The van der Waals surface area contributed by atoms with Crippen molar-refractivity contribution in [2.75, 3.05) is 11.9 Å². The largest absolute Gasteiger partial charge is 0.417 e. The van der Waals surface area contributed by atoms with E-state index in [0.717, 1.165) is 11.6 Å². The second-order valence-electron chi connectivity index (χ2n) is 4.56. The average molecular weight is 291 g/mol. The molecule has 0 radical (unpaired) electrons. The molecule has 0 atom stereocenters. The SMILES string of the molecule is CN(Cc1cccnc1)c1ccc(C(F)(F)F)c(C#N)c1. The molecule has 0 spiro atoms. The number of hydrogen-bond donors (Lipinski definition) is 0. The van der Waals surface area contributed by atoms with Crippen LogP contribution in [0, 0.1) is 11.3 Å². The summed E-state index contributed by atoms with van der Waals surface area (Å²) >= 11 is 0. The third kappa shape index (κ3) is 3.51. The highest BCUT2D eigenvalue weighted by atomic mass is 19.4. The Morgan fingerprint density at radius 2 is 2.05 bits per heavy atom. The summed E-state index contributed by atoms with van der Waals surface area (Å²) in [6.45, 7) is 0.490. The number of halogens is 3. The molecule has 2 aromatic rings. The topological polar surface area (TPSA) is 39.9 Å². The van der Waals surface area contributed by atoms with Gasteiger partial charge in [0.05, 0.1) is 17.2 Å². The first kappa shape index (κ1) is 14.9. The number of aromatic nitrogens is 1. The van der Waals surface area contributed by atoms with E-state index in [1.54, 1.807) is 36.5 Å². The van der Waals surface area contributed by atoms with Crippen LogP contribution in [-0.4, -0.2) is 12.0 Å². The Morgan fingerprint density at radius 3 is 2.62 bits per heavy atom. The Labute approximate surface area is 120 Å². The van der Waals surface area contributed by atoms with Gasteiger partial charge in [0.25, 0.3) is 0 Å². The second kappa shape index (κ2) is 5.83. The van der Waals surface area contributed by atoms with Gasteiger partial charge in [-0.3, -0.25) is 4.98 Å². The van der Waals surface area contributed by atoms with Gasteiger partial charge in [-0.25, -0.2) is 0 Å². The van der Waals surface area contributed by atoms with Crippen LogP contribution in [0.2, 0.25) is 0 Å². The number of nitrogens with zero attached hydrogens (tertiary/aromatic N) is 3. The van der Waals surface area contributed by atoms with E-state index >= 15 is 0 Å². The summed E-state index contributed by atoms with van der Waals surface area (Å²) in [5.41, 5.74) is 0.184. The molecule has 3 nitrogen and oxygen atoms in total. The van der Waals surface area contributed by atoms with Gasteiger partial charge < -0.3 is 4.90 Å². The smallest absolute Gasteiger partial charge is 0.370 e. The van der Waals surface area contributed by atoms with Crippen LogP contribution in [0.1, 0.15) is 16.7 Å². The molecule has 0 saturated heterocycles. The number of anilines is 1. The zero-order valence-corrected chi connectivity index (χ0v) is 11.2. The molecule has 6 heteroatoms. The number of pyridine rings is 1. The van der Waals surface area contributed by atoms with Gasteiger partial charge in [0, 0.05) is 31.7 Å². The fourth-order valence-electron chi connectivity index (χ4n) is 1.97. The predicted molar refractivity (Wildman–Crippen MR) is 72.5 cm³/mol. The van der Waals surface area contributed by atoms with Gasteiger partial charge in [0.2, 0.25) is 0 Å². The zero-order valence-electron chi connectivity index (χ0n) is 11.2. The van der Waals surface area contributed by atoms with Crippen LogP contribution < -0.4 is 4.90 Å². The van der Waals surface area contributed by atoms with Crippen LogP contribution >= 0.6 is 0 Å². The summed E-state index contributed by atoms with van der Waals surface area (Å²) in [5, 5.41) is 8.90. The van der Waals surface area contributed by atoms with Crippen LogP contribution in [0.3, 0.4) is 0 Å². The Hall–Kier alpha value is -2.55. The first-order valence-electron chi connectivity index (χ1n) is 6.13. The summed E-state index contributed by atoms with van der Waals surface area (Å²) in [7, 11) is 1.75. The molecule has 0 N–H and O–H groups in total. The van der Waals surface area contributed by atoms with Gasteiger partial charge in [-0.1, -0.05) is 6.07 Å². The Kier molecular flexibility index (Phi) is 4.13. The molecule has 0 aliphatic carbocycles. The lowest BCUT2D eigenvalue weighted by Crippen LogP contribution is -2.17. The highest BCUT2D eigenvalue weighted by Crippen LogP contribution is 2.33. The predicted octanol–water partition coefficient (Wildman–Crippen LogP) is 3.61. The van der Waals surface area contributed by atoms with E-state index < -0.39 is 11.7 Å². The zero-order chi connectivity index (χ0) is 15.5. The molecule has 2 rings (SSSR count). The maximum atomic E-state index is 12.7. The van der Waals surface area contributed by atoms with Gasteiger partial charge in [0.15, 0.2) is 0 Å². The summed E-state index contributed by atoms with van der Waals surface area (Å²) in [6.07, 6.45) is -1.19. The standard InChI is InChI=1S/C15H12F3N3/c1-21(10-11-3-2-6-20-9-11)13-4-5-14(15(16,17)18)12(7-13)8-19/h2-7,9H,10H2,1H3. The van der Waals surface area contributed by atoms with E-state index in [2.05, 4.69) is 4.98 Å². The van der Waals surface area contributed by atoms with Crippen molar-refractivity contribution in [1.29, 1.82) is 5.26 Å². The van der Waals surface area contributed by atoms with Crippen molar-refractivity contribution in [2.45, 2.75) is 12.7 Å². The van der Waals surface area contributed by atoms with Gasteiger partial charge in [-0.15, -0.1) is 0 Å². The van der Waals surface area contributed by atoms with E-state index in [4.69, 9.17) is 5.26 Å². The van der Waals surface area contributed by atoms with Crippen molar-refractivity contribution < 1.29 is 13.2 Å². The maximum absolute atomic E-state index is 12.7. The van der Waals surface area contributed by atoms with Gasteiger partial charge >= 0.3 is 6.18 Å². The number of nitriles is 1. The highest BCUT2D eigenvalue weighted by Gasteiger charge is 2.33. The molecule has 1 aromatic carbocycles. The van der Waals surface area contributed by atoms with E-state index in [0.29, 0.717) is 12.2 Å². The molecular weight excluding hydrogens is 279 g/mol. The van der Waals surface area contributed by atoms with E-state index in [9.17, 15) is 13.2 Å². The van der Waals surface area contributed by atoms with E-state index in [1.807, 2.05) is 6.07 Å². The van der Waals surface area contributed by atoms with Crippen LogP contribution in [-0.2, 0) is 12.7 Å². The quantitative estimate of drug-likeness (QED) is 0.867. The van der Waals surface area contributed by atoms with Crippen LogP contribution in [0.25, 0.3) is 0 Å². The third-order valence-corrected chi connectivity index (χ3v) is 3.01. The lowest BCUT2D eigenvalue weighted by molar-refractivity contribution is -0.137. The normalized spacial score (nSPS) is 11.0. The molecule has 0 unspecified atom stereocenters. The molecule has 0 fully saturated rings. The average Bonchev–Trinajstić information content (AvgIpc) is 2.46. The summed E-state index contributed by atoms with van der Waals surface area (Å²) in [5.74, 6) is 0. The Morgan fingerprint density at radius 1 is 1.29 bits per heavy atom. The first-order valence-corrected chi connectivity index (χ1v) is 6.13. The molecule has 0 aliphatic rings. The number of rotatable bonds is 3. The van der Waals surface area contributed by atoms with Crippen molar-refractivity contribution >= 4 is 5.69 Å². The number of hydrogen-bond acceptors (Lipinski definition) is 3. The molecule has 108 valence electrons. The second-order valence-corrected chi connectivity index (χ2v) is 4.56. The lowest BCUT2D eigenvalue weighted by atomic mass is 10.1. The molecule has 0 bridgehead atoms. The number of alkyl halides is 3. The van der Waals surface area contributed by atoms with Crippen molar-refractivity contribution in [2.24, 2.45) is 0 Å². The maximum Gasteiger partial charge on any atom is 0.417 e. The molecule has 21 heavy (non-hydrogen) atoms. The minimum atomic E-state index is -4.52. The van der Waals surface area contributed by atoms with Crippen LogP contribution in [0.5, 0.6) is 0 Å². The fraction of sp³-hybridized carbons (Fsp3) is 0.200. The van der Waals surface area contributed by atoms with Crippen molar-refractivity contribution in [3.05, 3.63) is 59.4 Å². The van der Waals surface area contributed by atoms with Crippen molar-refractivity contribution in [1.82, 2.24) is 4.98 Å². The minimum absolute atomic E-state index is 0.377. The first-order chi connectivity index (χ1) is 9.91. The monoisotopic (exact) mass is 291 g/mol. The molecule has 1 aromatic heterocycles. The third-order valence-electron chi connectivity index (χ3n) is 3.01. The van der Waals surface area contributed by atoms with E-state index in [-0.39, 0.29) is 5.56 Å². The molecule has 0 amide bonds. The number of benzene rings is 1.